The topological polar surface area (TPSA) is 124 Å². The largest absolute Gasteiger partial charge is 0.478 e. The molecule has 0 saturated carbocycles. The number of benzene rings is 2. The van der Waals surface area contributed by atoms with Crippen LogP contribution in [0.15, 0.2) is 70.3 Å². The van der Waals surface area contributed by atoms with E-state index in [4.69, 9.17) is 9.73 Å². The van der Waals surface area contributed by atoms with Gasteiger partial charge < -0.3 is 20.1 Å². The van der Waals surface area contributed by atoms with Crippen molar-refractivity contribution in [3.05, 3.63) is 92.8 Å². The van der Waals surface area contributed by atoms with Crippen molar-refractivity contribution in [3.8, 4) is 0 Å². The summed E-state index contributed by atoms with van der Waals surface area (Å²) in [5.41, 5.74) is 0.255. The van der Waals surface area contributed by atoms with E-state index in [1.807, 2.05) is 10.3 Å². The van der Waals surface area contributed by atoms with Crippen molar-refractivity contribution in [2.24, 2.45) is 10.9 Å². The van der Waals surface area contributed by atoms with Crippen LogP contribution in [0.5, 0.6) is 0 Å². The number of fused-ring (bicyclic) bond motifs is 1. The first-order valence-corrected chi connectivity index (χ1v) is 15.4. The second kappa shape index (κ2) is 12.1. The number of nitrogens with one attached hydrogen (secondary N) is 1. The molecule has 4 heterocycles. The number of amides is 1. The summed E-state index contributed by atoms with van der Waals surface area (Å²) in [6, 6.07) is 9.43. The number of likely N-dealkylation sites (tertiary alicyclic amines) is 1. The number of nitrogens with zero attached hydrogens (tertiary/aromatic N) is 4. The zero-order chi connectivity index (χ0) is 31.9. The molecule has 10 nitrogen and oxygen atoms in total. The number of ether oxygens (including phenoxy) is 1. The zero-order valence-electron chi connectivity index (χ0n) is 24.6. The highest BCUT2D eigenvalue weighted by molar-refractivity contribution is 7.11. The minimum Gasteiger partial charge on any atom is -0.478 e. The van der Waals surface area contributed by atoms with Crippen molar-refractivity contribution in [3.63, 3.8) is 0 Å². The van der Waals surface area contributed by atoms with Crippen LogP contribution < -0.4 is 10.2 Å². The lowest BCUT2D eigenvalue weighted by Gasteiger charge is -2.38. The molecule has 6 rings (SSSR count). The lowest BCUT2D eigenvalue weighted by molar-refractivity contribution is -0.139. The standard InChI is InChI=1S/C32H31F2N5O5S/c1-3-44-30(42)25-24(36-27(28-35-10-12-45-28)37-26(25)23-8-7-21(33)13-18(23)2)17-38-11-9-32(34)20(15-38)16-39(31(32)43)22-6-4-5-19(14-22)29(40)41/h4-8,10,12-14,20,26H,3,9,11,15-17H2,1-2H3,(H,36,37)(H,40,41)/t20-,26-,32+/m0/s1. The van der Waals surface area contributed by atoms with E-state index >= 15 is 4.39 Å². The zero-order valence-corrected chi connectivity index (χ0v) is 25.4. The molecule has 3 aromatic rings. The maximum atomic E-state index is 16.3. The number of aromatic nitrogens is 1. The second-order valence-electron chi connectivity index (χ2n) is 11.3. The molecule has 2 N–H and O–H groups in total. The van der Waals surface area contributed by atoms with Gasteiger partial charge in [-0.15, -0.1) is 11.3 Å². The van der Waals surface area contributed by atoms with Crippen molar-refractivity contribution in [2.45, 2.75) is 32.0 Å². The number of thiazole rings is 1. The average Bonchev–Trinajstić information content (AvgIpc) is 3.64. The summed E-state index contributed by atoms with van der Waals surface area (Å²) >= 11 is 1.37. The number of carbonyl (C=O) groups excluding carboxylic acids is 2. The summed E-state index contributed by atoms with van der Waals surface area (Å²) in [7, 11) is 0. The highest BCUT2D eigenvalue weighted by Gasteiger charge is 2.57. The van der Waals surface area contributed by atoms with E-state index in [9.17, 15) is 23.9 Å². The third-order valence-electron chi connectivity index (χ3n) is 8.49. The number of halogens is 2. The second-order valence-corrected chi connectivity index (χ2v) is 12.2. The highest BCUT2D eigenvalue weighted by atomic mass is 32.1. The SMILES string of the molecule is CCOC(=O)C1=C(CN2CC[C@]3(F)C(=O)N(c4cccc(C(=O)O)c4)C[C@@H]3C2)NC(c2nccs2)=N[C@H]1c1ccc(F)cc1C. The molecule has 13 heteroatoms. The number of aromatic carboxylic acids is 1. The number of alkyl halides is 1. The number of carboxylic acid groups (broad SMARTS) is 1. The van der Waals surface area contributed by atoms with Gasteiger partial charge in [-0.2, -0.15) is 0 Å². The monoisotopic (exact) mass is 635 g/mol. The van der Waals surface area contributed by atoms with Gasteiger partial charge in [-0.3, -0.25) is 14.7 Å². The van der Waals surface area contributed by atoms with E-state index in [2.05, 4.69) is 10.3 Å². The van der Waals surface area contributed by atoms with Gasteiger partial charge in [0.25, 0.3) is 5.91 Å². The van der Waals surface area contributed by atoms with Crippen LogP contribution in [-0.2, 0) is 14.3 Å². The number of aryl methyl sites for hydroxylation is 1. The molecule has 0 spiro atoms. The molecule has 3 aliphatic heterocycles. The van der Waals surface area contributed by atoms with Crippen LogP contribution >= 0.6 is 11.3 Å². The van der Waals surface area contributed by atoms with Gasteiger partial charge in [-0.25, -0.2) is 23.4 Å². The number of piperidine rings is 1. The number of amidine groups is 1. The fourth-order valence-corrected chi connectivity index (χ4v) is 6.86. The quantitative estimate of drug-likeness (QED) is 0.352. The Bertz CT molecular complexity index is 1730. The van der Waals surface area contributed by atoms with E-state index in [1.165, 1.54) is 46.6 Å². The maximum Gasteiger partial charge on any atom is 0.338 e. The predicted octanol–water partition coefficient (Wildman–Crippen LogP) is 4.27. The summed E-state index contributed by atoms with van der Waals surface area (Å²) in [5.74, 6) is -3.05. The number of esters is 1. The summed E-state index contributed by atoms with van der Waals surface area (Å²) in [4.78, 5) is 50.9. The fourth-order valence-electron chi connectivity index (χ4n) is 6.27. The average molecular weight is 636 g/mol. The molecule has 1 amide bonds. The van der Waals surface area contributed by atoms with E-state index in [1.54, 1.807) is 32.2 Å². The summed E-state index contributed by atoms with van der Waals surface area (Å²) in [6.07, 6.45) is 1.58. The van der Waals surface area contributed by atoms with Gasteiger partial charge in [-0.05, 0) is 55.3 Å². The Morgan fingerprint density at radius 1 is 1.22 bits per heavy atom. The molecule has 45 heavy (non-hydrogen) atoms. The first-order valence-electron chi connectivity index (χ1n) is 14.6. The Hall–Kier alpha value is -4.49. The minimum absolute atomic E-state index is 0.00940. The first kappa shape index (κ1) is 30.5. The minimum atomic E-state index is -2.10. The maximum absolute atomic E-state index is 16.3. The van der Waals surface area contributed by atoms with Gasteiger partial charge >= 0.3 is 11.9 Å². The third kappa shape index (κ3) is 5.73. The Morgan fingerprint density at radius 3 is 2.76 bits per heavy atom. The van der Waals surface area contributed by atoms with Gasteiger partial charge in [0.1, 0.15) is 11.9 Å². The normalized spacial score (nSPS) is 23.4. The number of hydrogen-bond donors (Lipinski definition) is 2. The van der Waals surface area contributed by atoms with Crippen LogP contribution in [0, 0.1) is 18.7 Å². The van der Waals surface area contributed by atoms with Crippen LogP contribution in [0.2, 0.25) is 0 Å². The van der Waals surface area contributed by atoms with Gasteiger partial charge in [0, 0.05) is 61.5 Å². The summed E-state index contributed by atoms with van der Waals surface area (Å²) in [6.45, 7) is 4.31. The molecular weight excluding hydrogens is 604 g/mol. The first-order chi connectivity index (χ1) is 21.6. The molecule has 234 valence electrons. The fraction of sp³-hybridized carbons (Fsp3) is 0.344. The van der Waals surface area contributed by atoms with E-state index < -0.39 is 41.3 Å². The van der Waals surface area contributed by atoms with Crippen molar-refractivity contribution >= 4 is 40.7 Å². The lowest BCUT2D eigenvalue weighted by Crippen LogP contribution is -2.52. The molecule has 0 radical (unpaired) electrons. The number of rotatable bonds is 8. The van der Waals surface area contributed by atoms with Crippen molar-refractivity contribution < 1.29 is 33.0 Å². The van der Waals surface area contributed by atoms with Crippen molar-refractivity contribution in [1.82, 2.24) is 15.2 Å². The molecular formula is C32H31F2N5O5S. The molecule has 3 aliphatic rings. The molecule has 2 aromatic carbocycles. The molecule has 3 atom stereocenters. The van der Waals surface area contributed by atoms with Crippen LogP contribution in [-0.4, -0.2) is 77.1 Å². The lowest BCUT2D eigenvalue weighted by atomic mass is 9.84. The van der Waals surface area contributed by atoms with Crippen LogP contribution in [0.1, 0.15) is 45.9 Å². The number of hydrogen-bond acceptors (Lipinski definition) is 9. The Kier molecular flexibility index (Phi) is 8.23. The van der Waals surface area contributed by atoms with Gasteiger partial charge in [0.15, 0.2) is 16.5 Å². The molecule has 0 bridgehead atoms. The number of aliphatic imine (C=N–C) groups is 1. The summed E-state index contributed by atoms with van der Waals surface area (Å²) < 4.78 is 35.9. The van der Waals surface area contributed by atoms with Crippen LogP contribution in [0.3, 0.4) is 0 Å². The molecule has 1 aromatic heterocycles. The molecule has 2 fully saturated rings. The molecule has 0 unspecified atom stereocenters. The summed E-state index contributed by atoms with van der Waals surface area (Å²) in [5, 5.41) is 15.1. The predicted molar refractivity (Wildman–Crippen MR) is 163 cm³/mol. The van der Waals surface area contributed by atoms with Gasteiger partial charge in [0.2, 0.25) is 0 Å². The van der Waals surface area contributed by atoms with Crippen molar-refractivity contribution in [1.29, 1.82) is 0 Å². The molecule has 2 saturated heterocycles. The van der Waals surface area contributed by atoms with Crippen LogP contribution in [0.4, 0.5) is 14.5 Å². The van der Waals surface area contributed by atoms with Gasteiger partial charge in [0.05, 0.1) is 17.7 Å². The number of carbonyl (C=O) groups is 3. The smallest absolute Gasteiger partial charge is 0.338 e. The highest BCUT2D eigenvalue weighted by Crippen LogP contribution is 2.42. The van der Waals surface area contributed by atoms with E-state index in [0.29, 0.717) is 33.4 Å². The number of anilines is 1. The third-order valence-corrected chi connectivity index (χ3v) is 9.27. The Balaban J connectivity index is 1.33. The van der Waals surface area contributed by atoms with Crippen LogP contribution in [0.25, 0.3) is 0 Å². The Labute approximate surface area is 262 Å². The number of carboxylic acids is 1. The van der Waals surface area contributed by atoms with E-state index in [-0.39, 0.29) is 50.3 Å². The molecule has 0 aliphatic carbocycles. The Morgan fingerprint density at radius 2 is 2.04 bits per heavy atom. The van der Waals surface area contributed by atoms with E-state index in [0.717, 1.165) is 0 Å². The van der Waals surface area contributed by atoms with Gasteiger partial charge in [-0.1, -0.05) is 12.1 Å². The van der Waals surface area contributed by atoms with Crippen molar-refractivity contribution in [2.75, 3.05) is 37.7 Å².